The monoisotopic (exact) mass is 270 g/mol. The molecule has 0 saturated heterocycles. The number of hydrogen-bond donors (Lipinski definition) is 3. The van der Waals surface area contributed by atoms with Crippen LogP contribution in [0.2, 0.25) is 0 Å². The lowest BCUT2D eigenvalue weighted by atomic mass is 9.81. The van der Waals surface area contributed by atoms with E-state index in [0.717, 1.165) is 6.07 Å². The van der Waals surface area contributed by atoms with Crippen molar-refractivity contribution in [2.45, 2.75) is 6.92 Å². The van der Waals surface area contributed by atoms with Crippen LogP contribution in [0.5, 0.6) is 17.2 Å². The van der Waals surface area contributed by atoms with Crippen molar-refractivity contribution >= 4 is 11.6 Å². The first-order chi connectivity index (χ1) is 9.43. The highest BCUT2D eigenvalue weighted by molar-refractivity contribution is 6.30. The molecular formula is C15H10O5. The molecule has 5 heteroatoms. The third kappa shape index (κ3) is 1.37. The van der Waals surface area contributed by atoms with Crippen molar-refractivity contribution in [3.63, 3.8) is 0 Å². The maximum atomic E-state index is 12.5. The molecule has 100 valence electrons. The van der Waals surface area contributed by atoms with Crippen molar-refractivity contribution < 1.29 is 24.9 Å². The average Bonchev–Trinajstić information content (AvgIpc) is 2.41. The maximum Gasteiger partial charge on any atom is 0.198 e. The number of aromatic hydroxyl groups is 3. The molecule has 1 aliphatic carbocycles. The summed E-state index contributed by atoms with van der Waals surface area (Å²) >= 11 is 0. The van der Waals surface area contributed by atoms with E-state index in [4.69, 9.17) is 0 Å². The fourth-order valence-electron chi connectivity index (χ4n) is 2.50. The van der Waals surface area contributed by atoms with E-state index in [2.05, 4.69) is 0 Å². The molecule has 2 aromatic rings. The smallest absolute Gasteiger partial charge is 0.198 e. The lowest BCUT2D eigenvalue weighted by Gasteiger charge is -2.20. The Hall–Kier alpha value is -2.82. The third-order valence-electron chi connectivity index (χ3n) is 3.51. The molecule has 0 amide bonds. The lowest BCUT2D eigenvalue weighted by Crippen LogP contribution is -2.22. The minimum atomic E-state index is -0.541. The van der Waals surface area contributed by atoms with Crippen LogP contribution in [0.4, 0.5) is 0 Å². The van der Waals surface area contributed by atoms with Crippen molar-refractivity contribution in [3.8, 4) is 17.2 Å². The molecule has 20 heavy (non-hydrogen) atoms. The molecule has 0 unspecified atom stereocenters. The van der Waals surface area contributed by atoms with Crippen molar-refractivity contribution in [1.82, 2.24) is 0 Å². The molecule has 0 fully saturated rings. The standard InChI is InChI=1S/C15H10O5/c1-6-11-8(5-10(17)13(6)18)14(19)7-3-2-4-9(16)12(7)15(11)20/h2-5,16-18H,1H3. The molecule has 0 heterocycles. The average molecular weight is 270 g/mol. The molecule has 0 saturated carbocycles. The van der Waals surface area contributed by atoms with Crippen molar-refractivity contribution in [2.24, 2.45) is 0 Å². The van der Waals surface area contributed by atoms with Crippen LogP contribution in [0.25, 0.3) is 0 Å². The van der Waals surface area contributed by atoms with Gasteiger partial charge in [0.25, 0.3) is 0 Å². The lowest BCUT2D eigenvalue weighted by molar-refractivity contribution is 0.0975. The van der Waals surface area contributed by atoms with E-state index in [0.29, 0.717) is 0 Å². The van der Waals surface area contributed by atoms with Gasteiger partial charge in [-0.3, -0.25) is 9.59 Å². The Bertz CT molecular complexity index is 789. The number of carbonyl (C=O) groups is 2. The Kier molecular flexibility index (Phi) is 2.34. The van der Waals surface area contributed by atoms with E-state index < -0.39 is 23.1 Å². The van der Waals surface area contributed by atoms with Gasteiger partial charge in [-0.1, -0.05) is 12.1 Å². The molecule has 0 spiro atoms. The summed E-state index contributed by atoms with van der Waals surface area (Å²) in [7, 11) is 0. The molecule has 3 rings (SSSR count). The molecule has 2 aromatic carbocycles. The normalized spacial score (nSPS) is 13.1. The van der Waals surface area contributed by atoms with Gasteiger partial charge in [0.15, 0.2) is 23.1 Å². The molecular weight excluding hydrogens is 260 g/mol. The van der Waals surface area contributed by atoms with Crippen LogP contribution in [-0.2, 0) is 0 Å². The second-order valence-corrected chi connectivity index (χ2v) is 4.65. The molecule has 0 aliphatic heterocycles. The third-order valence-corrected chi connectivity index (χ3v) is 3.51. The van der Waals surface area contributed by atoms with Crippen LogP contribution in [0.1, 0.15) is 37.4 Å². The summed E-state index contributed by atoms with van der Waals surface area (Å²) < 4.78 is 0. The summed E-state index contributed by atoms with van der Waals surface area (Å²) in [4.78, 5) is 24.8. The first-order valence-corrected chi connectivity index (χ1v) is 5.90. The zero-order valence-corrected chi connectivity index (χ0v) is 10.5. The summed E-state index contributed by atoms with van der Waals surface area (Å²) in [5.74, 6) is -2.18. The number of benzene rings is 2. The first-order valence-electron chi connectivity index (χ1n) is 5.90. The van der Waals surface area contributed by atoms with Crippen LogP contribution in [0, 0.1) is 6.92 Å². The highest BCUT2D eigenvalue weighted by atomic mass is 16.3. The van der Waals surface area contributed by atoms with Gasteiger partial charge < -0.3 is 15.3 Å². The fraction of sp³-hybridized carbons (Fsp3) is 0.0667. The topological polar surface area (TPSA) is 94.8 Å². The van der Waals surface area contributed by atoms with Gasteiger partial charge in [0.1, 0.15) is 5.75 Å². The van der Waals surface area contributed by atoms with Gasteiger partial charge in [0.2, 0.25) is 0 Å². The van der Waals surface area contributed by atoms with Gasteiger partial charge in [-0.25, -0.2) is 0 Å². The Morgan fingerprint density at radius 1 is 0.850 bits per heavy atom. The molecule has 0 atom stereocenters. The number of ketones is 2. The maximum absolute atomic E-state index is 12.5. The molecule has 5 nitrogen and oxygen atoms in total. The molecule has 0 bridgehead atoms. The second-order valence-electron chi connectivity index (χ2n) is 4.65. The van der Waals surface area contributed by atoms with E-state index in [-0.39, 0.29) is 33.6 Å². The fourth-order valence-corrected chi connectivity index (χ4v) is 2.50. The van der Waals surface area contributed by atoms with Crippen LogP contribution in [-0.4, -0.2) is 26.9 Å². The first kappa shape index (κ1) is 12.2. The predicted molar refractivity (Wildman–Crippen MR) is 69.5 cm³/mol. The van der Waals surface area contributed by atoms with Gasteiger partial charge in [-0.2, -0.15) is 0 Å². The molecule has 0 aromatic heterocycles. The van der Waals surface area contributed by atoms with Gasteiger partial charge >= 0.3 is 0 Å². The van der Waals surface area contributed by atoms with Gasteiger partial charge in [-0.15, -0.1) is 0 Å². The highest BCUT2D eigenvalue weighted by Crippen LogP contribution is 2.40. The largest absolute Gasteiger partial charge is 0.507 e. The number of carbonyl (C=O) groups excluding carboxylic acids is 2. The Labute approximate surface area is 113 Å². The number of hydrogen-bond acceptors (Lipinski definition) is 5. The Balaban J connectivity index is 2.42. The van der Waals surface area contributed by atoms with Gasteiger partial charge in [-0.05, 0) is 19.1 Å². The van der Waals surface area contributed by atoms with E-state index in [1.807, 2.05) is 0 Å². The summed E-state index contributed by atoms with van der Waals surface area (Å²) in [6.07, 6.45) is 0. The van der Waals surface area contributed by atoms with Crippen LogP contribution in [0.15, 0.2) is 24.3 Å². The van der Waals surface area contributed by atoms with Crippen LogP contribution < -0.4 is 0 Å². The predicted octanol–water partition coefficient (Wildman–Crippen LogP) is 1.89. The summed E-state index contributed by atoms with van der Waals surface area (Å²) in [5, 5.41) is 29.1. The summed E-state index contributed by atoms with van der Waals surface area (Å²) in [5.41, 5.74) is 0.178. The number of rotatable bonds is 0. The van der Waals surface area contributed by atoms with E-state index in [1.165, 1.54) is 25.1 Å². The minimum Gasteiger partial charge on any atom is -0.507 e. The van der Waals surface area contributed by atoms with Gasteiger partial charge in [0.05, 0.1) is 5.56 Å². The zero-order chi connectivity index (χ0) is 14.6. The SMILES string of the molecule is Cc1c(O)c(O)cc2c1C(=O)c1c(O)cccc1C2=O. The van der Waals surface area contributed by atoms with Crippen molar-refractivity contribution in [1.29, 1.82) is 0 Å². The Morgan fingerprint density at radius 3 is 2.25 bits per heavy atom. The van der Waals surface area contributed by atoms with E-state index in [9.17, 15) is 24.9 Å². The Morgan fingerprint density at radius 2 is 1.55 bits per heavy atom. The molecule has 1 aliphatic rings. The number of phenols is 3. The number of fused-ring (bicyclic) bond motifs is 2. The quantitative estimate of drug-likeness (QED) is 0.542. The molecule has 0 radical (unpaired) electrons. The van der Waals surface area contributed by atoms with Crippen LogP contribution >= 0.6 is 0 Å². The summed E-state index contributed by atoms with van der Waals surface area (Å²) in [6.45, 7) is 1.43. The zero-order valence-electron chi connectivity index (χ0n) is 10.5. The van der Waals surface area contributed by atoms with E-state index >= 15 is 0 Å². The molecule has 3 N–H and O–H groups in total. The van der Waals surface area contributed by atoms with Crippen molar-refractivity contribution in [2.75, 3.05) is 0 Å². The summed E-state index contributed by atoms with van der Waals surface area (Å²) in [6, 6.07) is 5.31. The van der Waals surface area contributed by atoms with Crippen molar-refractivity contribution in [3.05, 3.63) is 52.1 Å². The van der Waals surface area contributed by atoms with Gasteiger partial charge in [0, 0.05) is 22.3 Å². The second kappa shape index (κ2) is 3.84. The number of phenolic OH excluding ortho intramolecular Hbond substituents is 3. The van der Waals surface area contributed by atoms with E-state index in [1.54, 1.807) is 0 Å². The van der Waals surface area contributed by atoms with Crippen LogP contribution in [0.3, 0.4) is 0 Å². The highest BCUT2D eigenvalue weighted by Gasteiger charge is 2.34. The minimum absolute atomic E-state index is 0.0132.